The van der Waals surface area contributed by atoms with Gasteiger partial charge in [-0.2, -0.15) is 0 Å². The molecule has 1 aromatic carbocycles. The first-order valence-electron chi connectivity index (χ1n) is 9.86. The number of rotatable bonds is 4. The average Bonchev–Trinajstić information content (AvgIpc) is 3.01. The molecule has 0 aliphatic heterocycles. The number of fused-ring (bicyclic) bond motifs is 1. The third-order valence-electron chi connectivity index (χ3n) is 6.67. The van der Waals surface area contributed by atoms with E-state index in [2.05, 4.69) is 52.8 Å². The number of benzene rings is 1. The van der Waals surface area contributed by atoms with Crippen molar-refractivity contribution in [2.45, 2.75) is 76.7 Å². The van der Waals surface area contributed by atoms with Gasteiger partial charge >= 0.3 is 5.97 Å². The molecule has 1 atom stereocenters. The van der Waals surface area contributed by atoms with E-state index in [-0.39, 0.29) is 10.8 Å². The molecule has 0 aromatic heterocycles. The number of carbonyl (C=O) groups is 1. The summed E-state index contributed by atoms with van der Waals surface area (Å²) in [5.41, 5.74) is 6.04. The summed E-state index contributed by atoms with van der Waals surface area (Å²) in [6.45, 7) is 11.5. The second-order valence-electron chi connectivity index (χ2n) is 9.40. The Labute approximate surface area is 163 Å². The van der Waals surface area contributed by atoms with Crippen molar-refractivity contribution in [3.63, 3.8) is 0 Å². The summed E-state index contributed by atoms with van der Waals surface area (Å²) in [6.07, 6.45) is 9.16. The Morgan fingerprint density at radius 1 is 1.07 bits per heavy atom. The van der Waals surface area contributed by atoms with E-state index < -0.39 is 11.6 Å². The molecule has 0 saturated heterocycles. The summed E-state index contributed by atoms with van der Waals surface area (Å²) < 4.78 is 5.89. The van der Waals surface area contributed by atoms with Gasteiger partial charge in [0.1, 0.15) is 5.60 Å². The number of hydrogen-bond acceptors (Lipinski definition) is 2. The molecule has 2 aliphatic rings. The lowest BCUT2D eigenvalue weighted by molar-refractivity contribution is -0.131. The Morgan fingerprint density at radius 3 is 2.22 bits per heavy atom. The highest BCUT2D eigenvalue weighted by Gasteiger charge is 2.40. The van der Waals surface area contributed by atoms with E-state index in [0.29, 0.717) is 0 Å². The van der Waals surface area contributed by atoms with Gasteiger partial charge in [-0.25, -0.2) is 4.79 Å². The largest absolute Gasteiger partial charge is 0.478 e. The van der Waals surface area contributed by atoms with Crippen molar-refractivity contribution >= 4 is 11.5 Å². The van der Waals surface area contributed by atoms with Gasteiger partial charge in [0.25, 0.3) is 0 Å². The number of allylic oxidation sites excluding steroid dienone is 1. The zero-order valence-corrected chi connectivity index (χ0v) is 17.5. The highest BCUT2D eigenvalue weighted by atomic mass is 16.5. The van der Waals surface area contributed by atoms with E-state index in [1.165, 1.54) is 41.2 Å². The maximum absolute atomic E-state index is 11.1. The molecule has 1 aromatic rings. The van der Waals surface area contributed by atoms with Crippen LogP contribution in [0.2, 0.25) is 0 Å². The fourth-order valence-corrected chi connectivity index (χ4v) is 4.75. The van der Waals surface area contributed by atoms with Gasteiger partial charge in [0.05, 0.1) is 0 Å². The Morgan fingerprint density at radius 2 is 1.67 bits per heavy atom. The second kappa shape index (κ2) is 6.63. The predicted molar refractivity (Wildman–Crippen MR) is 110 cm³/mol. The summed E-state index contributed by atoms with van der Waals surface area (Å²) in [6, 6.07) is 4.71. The minimum atomic E-state index is -0.942. The van der Waals surface area contributed by atoms with E-state index >= 15 is 0 Å². The normalized spacial score (nSPS) is 26.1. The zero-order valence-electron chi connectivity index (χ0n) is 17.5. The molecule has 0 saturated carbocycles. The van der Waals surface area contributed by atoms with Crippen LogP contribution in [0.15, 0.2) is 30.4 Å². The molecule has 1 N–H and O–H groups in total. The molecule has 27 heavy (non-hydrogen) atoms. The standard InChI is InChI=1S/C24H32O3/c1-16-14-19-20(23(4,5)13-12-22(19,2)3)15-17(16)18-8-7-10-24(18,27-6)11-9-21(25)26/h8-9,11,14-15H,7,10,12-13H2,1-6H3,(H,25,26)/b11-9+. The molecule has 3 heteroatoms. The minimum Gasteiger partial charge on any atom is -0.478 e. The van der Waals surface area contributed by atoms with Crippen molar-refractivity contribution in [3.05, 3.63) is 52.6 Å². The molecular formula is C24H32O3. The Kier molecular flexibility index (Phi) is 4.88. The number of carboxylic acid groups (broad SMARTS) is 1. The van der Waals surface area contributed by atoms with Crippen LogP contribution >= 0.6 is 0 Å². The third-order valence-corrected chi connectivity index (χ3v) is 6.67. The van der Waals surface area contributed by atoms with Crippen LogP contribution in [0.25, 0.3) is 5.57 Å². The molecular weight excluding hydrogens is 336 g/mol. The van der Waals surface area contributed by atoms with E-state index in [9.17, 15) is 4.79 Å². The van der Waals surface area contributed by atoms with Crippen molar-refractivity contribution < 1.29 is 14.6 Å². The van der Waals surface area contributed by atoms with Gasteiger partial charge in [0.15, 0.2) is 0 Å². The number of ether oxygens (including phenoxy) is 1. The van der Waals surface area contributed by atoms with Crippen LogP contribution in [-0.2, 0) is 20.4 Å². The van der Waals surface area contributed by atoms with Crippen LogP contribution in [0.4, 0.5) is 0 Å². The van der Waals surface area contributed by atoms with Gasteiger partial charge in [0.2, 0.25) is 0 Å². The van der Waals surface area contributed by atoms with Gasteiger partial charge in [0, 0.05) is 13.2 Å². The Hall–Kier alpha value is -1.87. The zero-order chi connectivity index (χ0) is 20.0. The summed E-state index contributed by atoms with van der Waals surface area (Å²) in [7, 11) is 1.67. The monoisotopic (exact) mass is 368 g/mol. The molecule has 3 nitrogen and oxygen atoms in total. The maximum Gasteiger partial charge on any atom is 0.328 e. The summed E-state index contributed by atoms with van der Waals surface area (Å²) >= 11 is 0. The second-order valence-corrected chi connectivity index (χ2v) is 9.40. The lowest BCUT2D eigenvalue weighted by Crippen LogP contribution is -2.34. The Bertz CT molecular complexity index is 826. The fraction of sp³-hybridized carbons (Fsp3) is 0.542. The first-order valence-corrected chi connectivity index (χ1v) is 9.86. The maximum atomic E-state index is 11.1. The molecule has 0 heterocycles. The topological polar surface area (TPSA) is 46.5 Å². The molecule has 146 valence electrons. The van der Waals surface area contributed by atoms with Gasteiger partial charge in [-0.15, -0.1) is 0 Å². The summed E-state index contributed by atoms with van der Waals surface area (Å²) in [4.78, 5) is 11.1. The molecule has 1 unspecified atom stereocenters. The molecule has 3 rings (SSSR count). The smallest absolute Gasteiger partial charge is 0.328 e. The van der Waals surface area contributed by atoms with Crippen molar-refractivity contribution in [1.82, 2.24) is 0 Å². The first-order chi connectivity index (χ1) is 12.5. The van der Waals surface area contributed by atoms with Crippen molar-refractivity contribution in [3.8, 4) is 0 Å². The molecule has 0 fully saturated rings. The van der Waals surface area contributed by atoms with Crippen molar-refractivity contribution in [2.24, 2.45) is 0 Å². The van der Waals surface area contributed by atoms with Crippen molar-refractivity contribution in [2.75, 3.05) is 7.11 Å². The molecule has 0 bridgehead atoms. The molecule has 2 aliphatic carbocycles. The van der Waals surface area contributed by atoms with Gasteiger partial charge < -0.3 is 9.84 Å². The van der Waals surface area contributed by atoms with Crippen molar-refractivity contribution in [1.29, 1.82) is 0 Å². The van der Waals surface area contributed by atoms with Crippen LogP contribution in [-0.4, -0.2) is 23.8 Å². The van der Waals surface area contributed by atoms with Gasteiger partial charge in [-0.1, -0.05) is 45.9 Å². The van der Waals surface area contributed by atoms with Crippen LogP contribution in [0.5, 0.6) is 0 Å². The molecule has 0 amide bonds. The first kappa shape index (κ1) is 19.9. The number of aliphatic carboxylic acids is 1. The summed E-state index contributed by atoms with van der Waals surface area (Å²) in [5, 5.41) is 9.12. The van der Waals surface area contributed by atoms with Gasteiger partial charge in [-0.05, 0) is 77.3 Å². The molecule has 0 radical (unpaired) electrons. The number of aryl methyl sites for hydroxylation is 1. The van der Waals surface area contributed by atoms with E-state index in [0.717, 1.165) is 18.4 Å². The quantitative estimate of drug-likeness (QED) is 0.709. The highest BCUT2D eigenvalue weighted by molar-refractivity contribution is 5.84. The molecule has 0 spiro atoms. The summed E-state index contributed by atoms with van der Waals surface area (Å²) in [5.74, 6) is -0.942. The van der Waals surface area contributed by atoms with Crippen LogP contribution in [0.3, 0.4) is 0 Å². The lowest BCUT2D eigenvalue weighted by Gasteiger charge is -2.43. The van der Waals surface area contributed by atoms with Crippen LogP contribution in [0, 0.1) is 6.92 Å². The third kappa shape index (κ3) is 3.38. The van der Waals surface area contributed by atoms with Crippen LogP contribution < -0.4 is 0 Å². The van der Waals surface area contributed by atoms with E-state index in [4.69, 9.17) is 9.84 Å². The van der Waals surface area contributed by atoms with Gasteiger partial charge in [-0.3, -0.25) is 0 Å². The SMILES string of the molecule is COC1(/C=C/C(=O)O)CCC=C1c1cc2c(cc1C)C(C)(C)CCC2(C)C. The Balaban J connectivity index is 2.17. The highest BCUT2D eigenvalue weighted by Crippen LogP contribution is 2.49. The number of carboxylic acids is 1. The fourth-order valence-electron chi connectivity index (χ4n) is 4.75. The number of hydrogen-bond donors (Lipinski definition) is 1. The van der Waals surface area contributed by atoms with E-state index in [1.54, 1.807) is 13.2 Å². The minimum absolute atomic E-state index is 0.138. The predicted octanol–water partition coefficient (Wildman–Crippen LogP) is 5.55. The van der Waals surface area contributed by atoms with E-state index in [1.807, 2.05) is 0 Å². The number of methoxy groups -OCH3 is 1. The lowest BCUT2D eigenvalue weighted by atomic mass is 9.62. The van der Waals surface area contributed by atoms with Crippen LogP contribution in [0.1, 0.15) is 75.6 Å². The average molecular weight is 369 g/mol.